The van der Waals surface area contributed by atoms with Gasteiger partial charge in [-0.3, -0.25) is 10.1 Å². The summed E-state index contributed by atoms with van der Waals surface area (Å²) < 4.78 is 0. The first-order valence-corrected chi connectivity index (χ1v) is 9.79. The van der Waals surface area contributed by atoms with E-state index in [-0.39, 0.29) is 11.6 Å². The van der Waals surface area contributed by atoms with Gasteiger partial charge in [0, 0.05) is 35.1 Å². The Hall–Kier alpha value is -3.97. The van der Waals surface area contributed by atoms with Crippen molar-refractivity contribution in [2.45, 2.75) is 6.54 Å². The van der Waals surface area contributed by atoms with E-state index >= 15 is 0 Å². The molecule has 0 atom stereocenters. The number of non-ortho nitro benzene ring substituents is 1. The monoisotopic (exact) mass is 414 g/mol. The molecule has 1 heterocycles. The highest BCUT2D eigenvalue weighted by Crippen LogP contribution is 2.33. The van der Waals surface area contributed by atoms with Gasteiger partial charge in [0.2, 0.25) is 0 Å². The number of aliphatic imine (C=N–C) groups is 1. The van der Waals surface area contributed by atoms with E-state index in [4.69, 9.17) is 4.99 Å². The normalized spacial score (nSPS) is 11.9. The van der Waals surface area contributed by atoms with Crippen LogP contribution in [0, 0.1) is 10.1 Å². The van der Waals surface area contributed by atoms with Crippen LogP contribution in [0.4, 0.5) is 11.4 Å². The molecule has 7 nitrogen and oxygen atoms in total. The van der Waals surface area contributed by atoms with Crippen LogP contribution in [0.2, 0.25) is 0 Å². The number of H-pyrrole nitrogens is 1. The summed E-state index contributed by atoms with van der Waals surface area (Å²) in [5, 5.41) is 22.6. The van der Waals surface area contributed by atoms with E-state index in [1.165, 1.54) is 12.1 Å². The number of benzene rings is 3. The van der Waals surface area contributed by atoms with E-state index in [1.807, 2.05) is 68.7 Å². The van der Waals surface area contributed by atoms with Gasteiger partial charge in [-0.15, -0.1) is 0 Å². The lowest BCUT2D eigenvalue weighted by Gasteiger charge is -2.11. The molecule has 0 fully saturated rings. The van der Waals surface area contributed by atoms with Crippen LogP contribution >= 0.6 is 0 Å². The Morgan fingerprint density at radius 2 is 1.84 bits per heavy atom. The van der Waals surface area contributed by atoms with Crippen LogP contribution in [-0.2, 0) is 6.54 Å². The zero-order valence-corrected chi connectivity index (χ0v) is 17.2. The molecular weight excluding hydrogens is 392 g/mol. The molecule has 0 aliphatic carbocycles. The maximum Gasteiger partial charge on any atom is 0.270 e. The average Bonchev–Trinajstić information content (AvgIpc) is 3.07. The molecule has 7 heteroatoms. The second-order valence-corrected chi connectivity index (χ2v) is 7.57. The number of rotatable bonds is 6. The van der Waals surface area contributed by atoms with Gasteiger partial charge in [0.1, 0.15) is 0 Å². The maximum absolute atomic E-state index is 11.3. The Morgan fingerprint density at radius 1 is 1.06 bits per heavy atom. The lowest BCUT2D eigenvalue weighted by molar-refractivity contribution is -0.384. The van der Waals surface area contributed by atoms with E-state index in [0.29, 0.717) is 22.2 Å². The molecule has 4 rings (SSSR count). The van der Waals surface area contributed by atoms with E-state index in [9.17, 15) is 15.2 Å². The molecular formula is C24H22N4O3. The van der Waals surface area contributed by atoms with Crippen molar-refractivity contribution >= 4 is 28.0 Å². The summed E-state index contributed by atoms with van der Waals surface area (Å²) >= 11 is 0. The second kappa shape index (κ2) is 8.41. The lowest BCUT2D eigenvalue weighted by atomic mass is 10.0. The fourth-order valence-electron chi connectivity index (χ4n) is 3.60. The van der Waals surface area contributed by atoms with Gasteiger partial charge in [0.05, 0.1) is 21.9 Å². The highest BCUT2D eigenvalue weighted by molar-refractivity contribution is 6.22. The summed E-state index contributed by atoms with van der Waals surface area (Å²) in [7, 11) is 4.00. The zero-order valence-electron chi connectivity index (χ0n) is 17.2. The zero-order chi connectivity index (χ0) is 22.0. The smallest absolute Gasteiger partial charge is 0.270 e. The lowest BCUT2D eigenvalue weighted by Crippen LogP contribution is -2.10. The number of hydrogen-bond donors (Lipinski definition) is 2. The third-order valence-electron chi connectivity index (χ3n) is 4.91. The predicted octanol–water partition coefficient (Wildman–Crippen LogP) is 5.01. The van der Waals surface area contributed by atoms with Gasteiger partial charge in [0.15, 0.2) is 5.88 Å². The van der Waals surface area contributed by atoms with Gasteiger partial charge >= 0.3 is 0 Å². The highest BCUT2D eigenvalue weighted by atomic mass is 16.6. The standard InChI is InChI=1S/C24H22N4O3/c1-27(2)15-16-7-6-10-18(13-16)25-23(17-8-4-3-5-9-17)22-20-14-19(28(30)31)11-12-21(20)26-24(22)29/h3-14,26,29H,15H2,1-2H3. The largest absolute Gasteiger partial charge is 0.494 e. The molecule has 0 unspecified atom stereocenters. The summed E-state index contributed by atoms with van der Waals surface area (Å²) in [6, 6.07) is 21.8. The van der Waals surface area contributed by atoms with Crippen molar-refractivity contribution in [2.75, 3.05) is 14.1 Å². The predicted molar refractivity (Wildman–Crippen MR) is 122 cm³/mol. The van der Waals surface area contributed by atoms with Crippen molar-refractivity contribution in [1.29, 1.82) is 0 Å². The van der Waals surface area contributed by atoms with Crippen LogP contribution in [0.5, 0.6) is 5.88 Å². The number of fused-ring (bicyclic) bond motifs is 1. The Morgan fingerprint density at radius 3 is 2.55 bits per heavy atom. The van der Waals surface area contributed by atoms with E-state index in [1.54, 1.807) is 6.07 Å². The SMILES string of the molecule is CN(C)Cc1cccc(N=C(c2ccccc2)c2c(O)[nH]c3ccc([N+](=O)[O-])cc23)c1. The minimum Gasteiger partial charge on any atom is -0.494 e. The molecule has 156 valence electrons. The molecule has 0 radical (unpaired) electrons. The molecule has 31 heavy (non-hydrogen) atoms. The minimum absolute atomic E-state index is 0.0480. The number of aromatic hydroxyl groups is 1. The van der Waals surface area contributed by atoms with E-state index < -0.39 is 4.92 Å². The van der Waals surface area contributed by atoms with Crippen LogP contribution < -0.4 is 0 Å². The topological polar surface area (TPSA) is 94.8 Å². The summed E-state index contributed by atoms with van der Waals surface area (Å²) in [6.45, 7) is 0.772. The molecule has 0 saturated heterocycles. The highest BCUT2D eigenvalue weighted by Gasteiger charge is 2.20. The van der Waals surface area contributed by atoms with Gasteiger partial charge < -0.3 is 15.0 Å². The van der Waals surface area contributed by atoms with E-state index in [0.717, 1.165) is 23.4 Å². The van der Waals surface area contributed by atoms with Gasteiger partial charge in [-0.05, 0) is 37.9 Å². The molecule has 4 aromatic rings. The molecule has 1 aromatic heterocycles. The fraction of sp³-hybridized carbons (Fsp3) is 0.125. The number of nitro benzene ring substituents is 1. The Balaban J connectivity index is 1.94. The van der Waals surface area contributed by atoms with Crippen molar-refractivity contribution in [3.8, 4) is 5.88 Å². The second-order valence-electron chi connectivity index (χ2n) is 7.57. The van der Waals surface area contributed by atoms with Crippen molar-refractivity contribution in [1.82, 2.24) is 9.88 Å². The molecule has 0 aliphatic heterocycles. The third kappa shape index (κ3) is 4.31. The van der Waals surface area contributed by atoms with Gasteiger partial charge in [-0.2, -0.15) is 0 Å². The van der Waals surface area contributed by atoms with Crippen LogP contribution in [0.3, 0.4) is 0 Å². The third-order valence-corrected chi connectivity index (χ3v) is 4.91. The summed E-state index contributed by atoms with van der Waals surface area (Å²) in [5.41, 5.74) is 4.16. The number of aromatic nitrogens is 1. The van der Waals surface area contributed by atoms with Crippen LogP contribution in [0.25, 0.3) is 10.9 Å². The first-order chi connectivity index (χ1) is 14.9. The number of nitrogens with one attached hydrogen (secondary N) is 1. The molecule has 3 aromatic carbocycles. The van der Waals surface area contributed by atoms with Crippen molar-refractivity contribution < 1.29 is 10.0 Å². The average molecular weight is 414 g/mol. The Kier molecular flexibility index (Phi) is 5.51. The number of nitrogens with zero attached hydrogens (tertiary/aromatic N) is 3. The van der Waals surface area contributed by atoms with Crippen LogP contribution in [-0.4, -0.2) is 39.7 Å². The Labute approximate surface area is 179 Å². The minimum atomic E-state index is -0.447. The number of nitro groups is 1. The van der Waals surface area contributed by atoms with Gasteiger partial charge in [-0.25, -0.2) is 4.99 Å². The summed E-state index contributed by atoms with van der Waals surface area (Å²) in [6.07, 6.45) is 0. The summed E-state index contributed by atoms with van der Waals surface area (Å²) in [5.74, 6) is -0.0810. The van der Waals surface area contributed by atoms with Crippen molar-refractivity contribution in [3.63, 3.8) is 0 Å². The van der Waals surface area contributed by atoms with Crippen LogP contribution in [0.15, 0.2) is 77.8 Å². The summed E-state index contributed by atoms with van der Waals surface area (Å²) in [4.78, 5) is 20.7. The number of aromatic amines is 1. The molecule has 0 spiro atoms. The maximum atomic E-state index is 11.3. The fourth-order valence-corrected chi connectivity index (χ4v) is 3.60. The van der Waals surface area contributed by atoms with Gasteiger partial charge in [-0.1, -0.05) is 42.5 Å². The first-order valence-electron chi connectivity index (χ1n) is 9.79. The van der Waals surface area contributed by atoms with Gasteiger partial charge in [0.25, 0.3) is 5.69 Å². The molecule has 0 aliphatic rings. The van der Waals surface area contributed by atoms with E-state index in [2.05, 4.69) is 9.88 Å². The first kappa shape index (κ1) is 20.3. The van der Waals surface area contributed by atoms with Crippen molar-refractivity contribution in [2.24, 2.45) is 4.99 Å². The quantitative estimate of drug-likeness (QED) is 0.263. The Bertz CT molecular complexity index is 1280. The molecule has 0 bridgehead atoms. The molecule has 0 amide bonds. The number of hydrogen-bond acceptors (Lipinski definition) is 5. The van der Waals surface area contributed by atoms with Crippen LogP contribution in [0.1, 0.15) is 16.7 Å². The molecule has 0 saturated carbocycles. The van der Waals surface area contributed by atoms with Crippen molar-refractivity contribution in [3.05, 3.63) is 99.6 Å². The molecule has 2 N–H and O–H groups in total.